The van der Waals surface area contributed by atoms with Crippen LogP contribution in [0.2, 0.25) is 5.02 Å². The van der Waals surface area contributed by atoms with Gasteiger partial charge in [0.1, 0.15) is 17.3 Å². The Morgan fingerprint density at radius 2 is 1.82 bits per heavy atom. The molecular formula is C19H11ClFN7. The predicted octanol–water partition coefficient (Wildman–Crippen LogP) is 4.50. The number of rotatable bonds is 3. The summed E-state index contributed by atoms with van der Waals surface area (Å²) in [4.78, 5) is 13.0. The van der Waals surface area contributed by atoms with Crippen LogP contribution < -0.4 is 5.32 Å². The lowest BCUT2D eigenvalue weighted by molar-refractivity contribution is 0.632. The van der Waals surface area contributed by atoms with Gasteiger partial charge in [0.15, 0.2) is 0 Å². The van der Waals surface area contributed by atoms with E-state index in [2.05, 4.69) is 35.7 Å². The van der Waals surface area contributed by atoms with Crippen LogP contribution in [0.25, 0.3) is 32.9 Å². The van der Waals surface area contributed by atoms with Crippen molar-refractivity contribution in [2.45, 2.75) is 0 Å². The lowest BCUT2D eigenvalue weighted by Gasteiger charge is -2.13. The molecule has 7 nitrogen and oxygen atoms in total. The first-order valence-electron chi connectivity index (χ1n) is 8.31. The van der Waals surface area contributed by atoms with E-state index in [1.807, 2.05) is 6.07 Å². The van der Waals surface area contributed by atoms with E-state index < -0.39 is 5.82 Å². The molecule has 136 valence electrons. The standard InChI is InChI=1S/C19H11ClFN7/c20-14-5-10(17-9-24-28-27-17)6-15(21)18(14)26-19-11-1-3-22-7-12(11)13-8-23-4-2-16(13)25-19/h1-9H,(H,25,26)(H,24,27,28). The van der Waals surface area contributed by atoms with Gasteiger partial charge in [-0.1, -0.05) is 16.8 Å². The number of H-pyrrole nitrogens is 1. The third-order valence-electron chi connectivity index (χ3n) is 4.39. The number of pyridine rings is 3. The second kappa shape index (κ2) is 6.50. The maximum Gasteiger partial charge on any atom is 0.148 e. The van der Waals surface area contributed by atoms with Gasteiger partial charge >= 0.3 is 0 Å². The summed E-state index contributed by atoms with van der Waals surface area (Å²) < 4.78 is 14.8. The normalized spacial score (nSPS) is 11.2. The van der Waals surface area contributed by atoms with Crippen molar-refractivity contribution in [2.24, 2.45) is 0 Å². The Hall–Kier alpha value is -3.65. The predicted molar refractivity (Wildman–Crippen MR) is 105 cm³/mol. The summed E-state index contributed by atoms with van der Waals surface area (Å²) in [6.07, 6.45) is 8.34. The zero-order valence-electron chi connectivity index (χ0n) is 14.2. The molecule has 0 unspecified atom stereocenters. The SMILES string of the molecule is Fc1cc(-c2c[nH]nn2)cc(Cl)c1Nc1nc2ccncc2c2cnccc12. The minimum Gasteiger partial charge on any atom is -0.336 e. The van der Waals surface area contributed by atoms with Crippen molar-refractivity contribution in [2.75, 3.05) is 5.32 Å². The number of hydrogen-bond acceptors (Lipinski definition) is 6. The first kappa shape index (κ1) is 16.5. The Labute approximate surface area is 162 Å². The van der Waals surface area contributed by atoms with Crippen molar-refractivity contribution in [3.05, 3.63) is 66.1 Å². The van der Waals surface area contributed by atoms with E-state index in [0.29, 0.717) is 22.6 Å². The lowest BCUT2D eigenvalue weighted by Crippen LogP contribution is -2.00. The van der Waals surface area contributed by atoms with Crippen LogP contribution in [0.15, 0.2) is 55.2 Å². The second-order valence-electron chi connectivity index (χ2n) is 6.07. The zero-order chi connectivity index (χ0) is 19.1. The highest BCUT2D eigenvalue weighted by atomic mass is 35.5. The molecule has 4 aromatic heterocycles. The number of benzene rings is 1. The molecular weight excluding hydrogens is 381 g/mol. The second-order valence-corrected chi connectivity index (χ2v) is 6.48. The van der Waals surface area contributed by atoms with Gasteiger partial charge in [0.25, 0.3) is 0 Å². The molecule has 0 radical (unpaired) electrons. The van der Waals surface area contributed by atoms with E-state index in [4.69, 9.17) is 11.6 Å². The van der Waals surface area contributed by atoms with Crippen LogP contribution >= 0.6 is 11.6 Å². The fraction of sp³-hybridized carbons (Fsp3) is 0. The molecule has 0 aliphatic carbocycles. The molecule has 0 spiro atoms. The summed E-state index contributed by atoms with van der Waals surface area (Å²) in [7, 11) is 0. The summed E-state index contributed by atoms with van der Waals surface area (Å²) in [5, 5.41) is 15.9. The van der Waals surface area contributed by atoms with Crippen molar-refractivity contribution in [1.82, 2.24) is 30.4 Å². The quantitative estimate of drug-likeness (QED) is 0.440. The monoisotopic (exact) mass is 391 g/mol. The van der Waals surface area contributed by atoms with E-state index in [1.165, 1.54) is 6.07 Å². The smallest absolute Gasteiger partial charge is 0.148 e. The van der Waals surface area contributed by atoms with Crippen molar-refractivity contribution >= 4 is 44.8 Å². The lowest BCUT2D eigenvalue weighted by atomic mass is 10.1. The zero-order valence-corrected chi connectivity index (χ0v) is 14.9. The van der Waals surface area contributed by atoms with Gasteiger partial charge in [0.05, 0.1) is 16.2 Å². The average Bonchev–Trinajstić information content (AvgIpc) is 3.25. The highest BCUT2D eigenvalue weighted by Gasteiger charge is 2.15. The Morgan fingerprint density at radius 1 is 1.00 bits per heavy atom. The van der Waals surface area contributed by atoms with Crippen LogP contribution in [0.5, 0.6) is 0 Å². The Bertz CT molecular complexity index is 1300. The number of aromatic nitrogens is 6. The third kappa shape index (κ3) is 2.71. The number of hydrogen-bond donors (Lipinski definition) is 2. The first-order valence-corrected chi connectivity index (χ1v) is 8.69. The van der Waals surface area contributed by atoms with Gasteiger partial charge in [0.2, 0.25) is 0 Å². The van der Waals surface area contributed by atoms with Gasteiger partial charge in [-0.25, -0.2) is 9.37 Å². The van der Waals surface area contributed by atoms with Crippen LogP contribution in [-0.4, -0.2) is 30.4 Å². The fourth-order valence-electron chi connectivity index (χ4n) is 3.09. The summed E-state index contributed by atoms with van der Waals surface area (Å²) in [6, 6.07) is 6.57. The van der Waals surface area contributed by atoms with E-state index >= 15 is 0 Å². The molecule has 9 heteroatoms. The van der Waals surface area contributed by atoms with E-state index in [0.717, 1.165) is 16.2 Å². The number of aromatic amines is 1. The Kier molecular flexibility index (Phi) is 3.84. The number of halogens is 2. The number of fused-ring (bicyclic) bond motifs is 3. The minimum absolute atomic E-state index is 0.132. The van der Waals surface area contributed by atoms with Crippen LogP contribution in [0.3, 0.4) is 0 Å². The topological polar surface area (TPSA) is 92.3 Å². The molecule has 0 bridgehead atoms. The highest BCUT2D eigenvalue weighted by molar-refractivity contribution is 6.33. The molecule has 0 saturated carbocycles. The molecule has 2 N–H and O–H groups in total. The fourth-order valence-corrected chi connectivity index (χ4v) is 3.34. The molecule has 0 aliphatic rings. The Balaban J connectivity index is 1.66. The summed E-state index contributed by atoms with van der Waals surface area (Å²) in [6.45, 7) is 0. The highest BCUT2D eigenvalue weighted by Crippen LogP contribution is 2.35. The van der Waals surface area contributed by atoms with Gasteiger partial charge < -0.3 is 5.32 Å². The van der Waals surface area contributed by atoms with E-state index in [1.54, 1.807) is 43.1 Å². The molecule has 4 heterocycles. The van der Waals surface area contributed by atoms with Crippen LogP contribution in [0.4, 0.5) is 15.9 Å². The summed E-state index contributed by atoms with van der Waals surface area (Å²) >= 11 is 6.36. The average molecular weight is 392 g/mol. The van der Waals surface area contributed by atoms with Crippen LogP contribution in [0.1, 0.15) is 0 Å². The maximum absolute atomic E-state index is 14.8. The van der Waals surface area contributed by atoms with Gasteiger partial charge in [0, 0.05) is 52.7 Å². The molecule has 0 atom stereocenters. The minimum atomic E-state index is -0.524. The largest absolute Gasteiger partial charge is 0.336 e. The molecule has 28 heavy (non-hydrogen) atoms. The molecule has 0 aliphatic heterocycles. The molecule has 5 rings (SSSR count). The Morgan fingerprint density at radius 3 is 2.61 bits per heavy atom. The first-order chi connectivity index (χ1) is 13.7. The van der Waals surface area contributed by atoms with Crippen molar-refractivity contribution < 1.29 is 4.39 Å². The van der Waals surface area contributed by atoms with Crippen LogP contribution in [0, 0.1) is 5.82 Å². The van der Waals surface area contributed by atoms with E-state index in [-0.39, 0.29) is 10.7 Å². The molecule has 5 aromatic rings. The van der Waals surface area contributed by atoms with E-state index in [9.17, 15) is 4.39 Å². The summed E-state index contributed by atoms with van der Waals surface area (Å²) in [5.74, 6) is -0.0459. The number of nitrogens with one attached hydrogen (secondary N) is 2. The number of anilines is 2. The molecule has 1 aromatic carbocycles. The molecule has 0 amide bonds. The molecule has 0 saturated heterocycles. The van der Waals surface area contributed by atoms with Crippen molar-refractivity contribution in [3.63, 3.8) is 0 Å². The van der Waals surface area contributed by atoms with Crippen LogP contribution in [-0.2, 0) is 0 Å². The van der Waals surface area contributed by atoms with Gasteiger partial charge in [-0.05, 0) is 24.3 Å². The van der Waals surface area contributed by atoms with Gasteiger partial charge in [-0.3, -0.25) is 15.1 Å². The van der Waals surface area contributed by atoms with Crippen molar-refractivity contribution in [3.8, 4) is 11.3 Å². The third-order valence-corrected chi connectivity index (χ3v) is 4.69. The van der Waals surface area contributed by atoms with Crippen molar-refractivity contribution in [1.29, 1.82) is 0 Å². The van der Waals surface area contributed by atoms with Gasteiger partial charge in [-0.2, -0.15) is 0 Å². The molecule has 0 fully saturated rings. The number of nitrogens with zero attached hydrogens (tertiary/aromatic N) is 5. The summed E-state index contributed by atoms with van der Waals surface area (Å²) in [5.41, 5.74) is 1.87. The maximum atomic E-state index is 14.8. The van der Waals surface area contributed by atoms with Gasteiger partial charge in [-0.15, -0.1) is 5.10 Å².